The van der Waals surface area contributed by atoms with Crippen LogP contribution in [0.25, 0.3) is 0 Å². The predicted octanol–water partition coefficient (Wildman–Crippen LogP) is 26.5. The molecule has 0 aliphatic carbocycles. The molecule has 0 spiro atoms. The Kier molecular flexibility index (Phi) is 75.6. The van der Waals surface area contributed by atoms with E-state index in [9.17, 15) is 43.2 Å². The summed E-state index contributed by atoms with van der Waals surface area (Å²) in [6.07, 6.45) is 68.1. The molecular weight excluding hydrogens is 1380 g/mol. The van der Waals surface area contributed by atoms with Crippen molar-refractivity contribution in [2.75, 3.05) is 39.6 Å². The van der Waals surface area contributed by atoms with Crippen LogP contribution >= 0.6 is 15.6 Å². The highest BCUT2D eigenvalue weighted by atomic mass is 31.2. The third kappa shape index (κ3) is 80.1. The first kappa shape index (κ1) is 104. The molecule has 17 nitrogen and oxygen atoms in total. The lowest BCUT2D eigenvalue weighted by Crippen LogP contribution is -2.30. The summed E-state index contributed by atoms with van der Waals surface area (Å²) < 4.78 is 68.9. The van der Waals surface area contributed by atoms with E-state index in [1.165, 1.54) is 270 Å². The first-order valence-corrected chi connectivity index (χ1v) is 47.8. The van der Waals surface area contributed by atoms with Crippen molar-refractivity contribution in [2.45, 2.75) is 478 Å². The van der Waals surface area contributed by atoms with Crippen molar-refractivity contribution in [3.63, 3.8) is 0 Å². The Morgan fingerprint density at radius 2 is 0.434 bits per heavy atom. The lowest BCUT2D eigenvalue weighted by atomic mass is 10.0. The normalized spacial score (nSPS) is 13.9. The second-order valence-corrected chi connectivity index (χ2v) is 35.6. The van der Waals surface area contributed by atoms with Gasteiger partial charge in [0.2, 0.25) is 0 Å². The summed E-state index contributed by atoms with van der Waals surface area (Å²) in [6.45, 7) is 12.0. The molecule has 0 aromatic rings. The maximum atomic E-state index is 13.2. The molecule has 106 heavy (non-hydrogen) atoms. The molecule has 630 valence electrons. The average Bonchev–Trinajstić information content (AvgIpc) is 0.899. The van der Waals surface area contributed by atoms with Crippen LogP contribution in [0.5, 0.6) is 0 Å². The van der Waals surface area contributed by atoms with Gasteiger partial charge in [-0.25, -0.2) is 9.13 Å². The van der Waals surface area contributed by atoms with Crippen LogP contribution in [0.1, 0.15) is 459 Å². The van der Waals surface area contributed by atoms with Gasteiger partial charge in [0.05, 0.1) is 26.4 Å². The van der Waals surface area contributed by atoms with Gasteiger partial charge in [-0.15, -0.1) is 0 Å². The third-order valence-corrected chi connectivity index (χ3v) is 22.3. The van der Waals surface area contributed by atoms with E-state index in [0.29, 0.717) is 25.7 Å². The molecule has 0 bridgehead atoms. The molecule has 3 N–H and O–H groups in total. The molecule has 0 saturated carbocycles. The van der Waals surface area contributed by atoms with Gasteiger partial charge in [-0.2, -0.15) is 0 Å². The number of carbonyl (C=O) groups excluding carboxylic acids is 4. The van der Waals surface area contributed by atoms with Crippen molar-refractivity contribution in [3.05, 3.63) is 0 Å². The number of phosphoric acid groups is 2. The molecular formula is C87H170O17P2. The second-order valence-electron chi connectivity index (χ2n) is 32.7. The third-order valence-electron chi connectivity index (χ3n) is 20.4. The molecule has 5 atom stereocenters. The summed E-state index contributed by atoms with van der Waals surface area (Å²) in [6, 6.07) is 0. The number of aliphatic hydroxyl groups excluding tert-OH is 1. The zero-order chi connectivity index (χ0) is 77.9. The van der Waals surface area contributed by atoms with E-state index in [2.05, 4.69) is 48.5 Å². The van der Waals surface area contributed by atoms with Gasteiger partial charge < -0.3 is 33.8 Å². The van der Waals surface area contributed by atoms with Crippen LogP contribution < -0.4 is 0 Å². The molecule has 0 heterocycles. The lowest BCUT2D eigenvalue weighted by Gasteiger charge is -2.21. The molecule has 0 aromatic carbocycles. The van der Waals surface area contributed by atoms with Crippen molar-refractivity contribution < 1.29 is 80.2 Å². The minimum Gasteiger partial charge on any atom is -0.462 e. The average molecular weight is 1550 g/mol. The molecule has 0 rings (SSSR count). The maximum Gasteiger partial charge on any atom is 0.472 e. The first-order valence-electron chi connectivity index (χ1n) is 44.8. The summed E-state index contributed by atoms with van der Waals surface area (Å²) >= 11 is 0. The fourth-order valence-electron chi connectivity index (χ4n) is 13.5. The molecule has 0 aromatic heterocycles. The molecule has 0 fully saturated rings. The minimum atomic E-state index is -4.97. The number of esters is 4. The van der Waals surface area contributed by atoms with E-state index >= 15 is 0 Å². The van der Waals surface area contributed by atoms with Crippen LogP contribution in [0.4, 0.5) is 0 Å². The quantitative estimate of drug-likeness (QED) is 0.0222. The van der Waals surface area contributed by atoms with Crippen molar-refractivity contribution >= 4 is 39.5 Å². The second kappa shape index (κ2) is 77.0. The summed E-state index contributed by atoms with van der Waals surface area (Å²) in [7, 11) is -9.93. The van der Waals surface area contributed by atoms with E-state index in [-0.39, 0.29) is 25.7 Å². The van der Waals surface area contributed by atoms with Crippen LogP contribution in [0.15, 0.2) is 0 Å². The van der Waals surface area contributed by atoms with E-state index in [1.807, 2.05) is 0 Å². The Balaban J connectivity index is 5.25. The Morgan fingerprint density at radius 3 is 0.642 bits per heavy atom. The van der Waals surface area contributed by atoms with Crippen molar-refractivity contribution in [3.8, 4) is 0 Å². The fourth-order valence-corrected chi connectivity index (χ4v) is 15.1. The Labute approximate surface area is 651 Å². The fraction of sp³-hybridized carbons (Fsp3) is 0.954. The van der Waals surface area contributed by atoms with Crippen LogP contribution in [-0.4, -0.2) is 96.7 Å². The SMILES string of the molecule is CCCCCCCCCCCCCCCCCCCCCCC(=O)O[C@H](COC(=O)CCCCCCCCCCCCCCCCCCC(C)C)COP(=O)(O)OC[C@@H](O)COP(=O)(O)OC[C@@H](COC(=O)CCCCCCCCCCCC(C)C)OC(=O)CCCCCCCCCCCCCCC(C)C. The number of aliphatic hydroxyl groups is 1. The van der Waals surface area contributed by atoms with Gasteiger partial charge in [0.1, 0.15) is 19.3 Å². The molecule has 0 aliphatic heterocycles. The topological polar surface area (TPSA) is 237 Å². The monoisotopic (exact) mass is 1550 g/mol. The highest BCUT2D eigenvalue weighted by Crippen LogP contribution is 2.45. The molecule has 0 amide bonds. The summed E-state index contributed by atoms with van der Waals surface area (Å²) in [5.74, 6) is 0.230. The Bertz CT molecular complexity index is 2040. The molecule has 2 unspecified atom stereocenters. The number of hydrogen-bond acceptors (Lipinski definition) is 15. The maximum absolute atomic E-state index is 13.2. The van der Waals surface area contributed by atoms with Gasteiger partial charge in [-0.1, -0.05) is 408 Å². The lowest BCUT2D eigenvalue weighted by molar-refractivity contribution is -0.161. The Morgan fingerprint density at radius 1 is 0.255 bits per heavy atom. The molecule has 0 aliphatic rings. The van der Waals surface area contributed by atoms with Crippen LogP contribution in [0.3, 0.4) is 0 Å². The zero-order valence-electron chi connectivity index (χ0n) is 69.9. The van der Waals surface area contributed by atoms with Crippen LogP contribution in [0, 0.1) is 17.8 Å². The number of unbranched alkanes of at least 4 members (excludes halogenated alkanes) is 53. The highest BCUT2D eigenvalue weighted by Gasteiger charge is 2.30. The molecule has 0 saturated heterocycles. The van der Waals surface area contributed by atoms with Crippen molar-refractivity contribution in [2.24, 2.45) is 17.8 Å². The summed E-state index contributed by atoms with van der Waals surface area (Å²) in [4.78, 5) is 73.3. The van der Waals surface area contributed by atoms with Crippen molar-refractivity contribution in [1.29, 1.82) is 0 Å². The van der Waals surface area contributed by atoms with E-state index in [4.69, 9.17) is 37.0 Å². The smallest absolute Gasteiger partial charge is 0.462 e. The molecule has 19 heteroatoms. The van der Waals surface area contributed by atoms with Crippen LogP contribution in [-0.2, 0) is 65.4 Å². The number of phosphoric ester groups is 2. The number of carbonyl (C=O) groups is 4. The number of rotatable bonds is 85. The molecule has 0 radical (unpaired) electrons. The number of ether oxygens (including phenoxy) is 4. The van der Waals surface area contributed by atoms with Gasteiger partial charge in [0.25, 0.3) is 0 Å². The highest BCUT2D eigenvalue weighted by molar-refractivity contribution is 7.47. The van der Waals surface area contributed by atoms with Gasteiger partial charge >= 0.3 is 39.5 Å². The number of hydrogen-bond donors (Lipinski definition) is 3. The Hall–Kier alpha value is -1.94. The van der Waals surface area contributed by atoms with Gasteiger partial charge in [-0.05, 0) is 43.4 Å². The summed E-state index contributed by atoms with van der Waals surface area (Å²) in [5.41, 5.74) is 0. The predicted molar refractivity (Wildman–Crippen MR) is 437 cm³/mol. The zero-order valence-corrected chi connectivity index (χ0v) is 71.7. The first-order chi connectivity index (χ1) is 51.2. The van der Waals surface area contributed by atoms with Gasteiger partial charge in [0.15, 0.2) is 12.2 Å². The standard InChI is InChI=1S/C87H170O17P2/c1-8-9-10-11-12-13-14-15-16-17-18-19-20-25-28-34-41-49-56-63-70-86(91)103-82(74-97-84(89)68-61-54-47-40-33-27-24-22-21-23-26-31-37-44-51-58-65-78(2)3)76-101-105(93,94)99-72-81(88)73-100-106(95,96)102-77-83(75-98-85(90)69-62-55-48-43-36-39-46-53-60-67-80(6)7)104-87(92)71-64-57-50-42-35-30-29-32-38-45-52-59-66-79(4)5/h78-83,88H,8-77H2,1-7H3,(H,93,94)(H,95,96)/t81-,82-,83-/m1/s1. The largest absolute Gasteiger partial charge is 0.472 e. The van der Waals surface area contributed by atoms with Crippen molar-refractivity contribution in [1.82, 2.24) is 0 Å². The minimum absolute atomic E-state index is 0.107. The van der Waals surface area contributed by atoms with Crippen LogP contribution in [0.2, 0.25) is 0 Å². The van der Waals surface area contributed by atoms with E-state index in [1.54, 1.807) is 0 Å². The summed E-state index contributed by atoms with van der Waals surface area (Å²) in [5, 5.41) is 10.7. The van der Waals surface area contributed by atoms with E-state index in [0.717, 1.165) is 108 Å². The van der Waals surface area contributed by atoms with E-state index < -0.39 is 97.5 Å². The van der Waals surface area contributed by atoms with Gasteiger partial charge in [0, 0.05) is 25.7 Å². The van der Waals surface area contributed by atoms with Gasteiger partial charge in [-0.3, -0.25) is 37.3 Å².